The zero-order valence-electron chi connectivity index (χ0n) is 9.92. The van der Waals surface area contributed by atoms with Gasteiger partial charge in [0.2, 0.25) is 5.91 Å². The Bertz CT molecular complexity index is 210. The summed E-state index contributed by atoms with van der Waals surface area (Å²) in [6, 6.07) is 0.178. The molecule has 1 rings (SSSR count). The first kappa shape index (κ1) is 12.5. The maximum atomic E-state index is 11.7. The molecule has 88 valence electrons. The van der Waals surface area contributed by atoms with Gasteiger partial charge in [-0.15, -0.1) is 0 Å². The number of nitrogens with one attached hydrogen (secondary N) is 2. The van der Waals surface area contributed by atoms with Gasteiger partial charge in [0.25, 0.3) is 0 Å². The molecule has 15 heavy (non-hydrogen) atoms. The van der Waals surface area contributed by atoms with Gasteiger partial charge in [0.05, 0.1) is 6.04 Å². The van der Waals surface area contributed by atoms with Gasteiger partial charge in [-0.3, -0.25) is 4.79 Å². The average Bonchev–Trinajstić information content (AvgIpc) is 2.22. The molecule has 1 aliphatic rings. The number of carbonyl (C=O) groups is 1. The Morgan fingerprint density at radius 3 is 2.80 bits per heavy atom. The van der Waals surface area contributed by atoms with Crippen LogP contribution in [0.2, 0.25) is 0 Å². The second-order valence-electron chi connectivity index (χ2n) is 4.56. The van der Waals surface area contributed by atoms with Crippen LogP contribution in [0.15, 0.2) is 0 Å². The minimum Gasteiger partial charge on any atom is -0.350 e. The Hall–Kier alpha value is -0.610. The molecule has 0 spiro atoms. The summed E-state index contributed by atoms with van der Waals surface area (Å²) < 4.78 is 0. The van der Waals surface area contributed by atoms with Crippen molar-refractivity contribution >= 4 is 5.91 Å². The molecule has 4 nitrogen and oxygen atoms in total. The van der Waals surface area contributed by atoms with Crippen LogP contribution in [0, 0.1) is 5.92 Å². The lowest BCUT2D eigenvalue weighted by Gasteiger charge is -2.36. The fraction of sp³-hybridized carbons (Fsp3) is 0.909. The van der Waals surface area contributed by atoms with Crippen LogP contribution < -0.4 is 16.4 Å². The lowest BCUT2D eigenvalue weighted by Crippen LogP contribution is -2.58. The number of hydrogen-bond donors (Lipinski definition) is 3. The molecule has 3 unspecified atom stereocenters. The molecule has 1 saturated heterocycles. The van der Waals surface area contributed by atoms with E-state index in [9.17, 15) is 4.79 Å². The summed E-state index contributed by atoms with van der Waals surface area (Å²) in [5.74, 6) is 0.499. The van der Waals surface area contributed by atoms with E-state index in [0.717, 1.165) is 13.0 Å². The highest BCUT2D eigenvalue weighted by Crippen LogP contribution is 2.16. The number of rotatable bonds is 3. The largest absolute Gasteiger partial charge is 0.350 e. The molecule has 4 heteroatoms. The lowest BCUT2D eigenvalue weighted by molar-refractivity contribution is -0.123. The van der Waals surface area contributed by atoms with Gasteiger partial charge >= 0.3 is 0 Å². The van der Waals surface area contributed by atoms with E-state index in [1.807, 2.05) is 6.92 Å². The van der Waals surface area contributed by atoms with Crippen LogP contribution >= 0.6 is 0 Å². The Balaban J connectivity index is 2.51. The SMILES string of the molecule is CC[C@H](N)C(=O)NC1C(C)CCNC1C. The summed E-state index contributed by atoms with van der Waals surface area (Å²) in [5, 5.41) is 6.41. The molecule has 0 saturated carbocycles. The predicted octanol–water partition coefficient (Wildman–Crippen LogP) is 0.226. The van der Waals surface area contributed by atoms with Gasteiger partial charge in [-0.2, -0.15) is 0 Å². The Kier molecular flexibility index (Phi) is 4.54. The molecule has 1 amide bonds. The molecule has 1 heterocycles. The van der Waals surface area contributed by atoms with Crippen molar-refractivity contribution in [2.75, 3.05) is 6.54 Å². The molecule has 0 bridgehead atoms. The number of hydrogen-bond acceptors (Lipinski definition) is 3. The van der Waals surface area contributed by atoms with Crippen molar-refractivity contribution in [3.63, 3.8) is 0 Å². The number of nitrogens with two attached hydrogens (primary N) is 1. The van der Waals surface area contributed by atoms with Gasteiger partial charge in [0.1, 0.15) is 0 Å². The van der Waals surface area contributed by atoms with Crippen molar-refractivity contribution in [2.24, 2.45) is 11.7 Å². The highest BCUT2D eigenvalue weighted by atomic mass is 16.2. The molecule has 1 fully saturated rings. The van der Waals surface area contributed by atoms with Crippen molar-refractivity contribution in [1.29, 1.82) is 0 Å². The predicted molar refractivity (Wildman–Crippen MR) is 61.4 cm³/mol. The summed E-state index contributed by atoms with van der Waals surface area (Å²) in [4.78, 5) is 11.7. The van der Waals surface area contributed by atoms with Gasteiger partial charge in [-0.05, 0) is 32.2 Å². The van der Waals surface area contributed by atoms with E-state index in [-0.39, 0.29) is 18.0 Å². The standard InChI is InChI=1S/C11H23N3O/c1-4-9(12)11(15)14-10-7(2)5-6-13-8(10)3/h7-10,13H,4-6,12H2,1-3H3,(H,14,15)/t7?,8?,9-,10?/m0/s1. The fourth-order valence-corrected chi connectivity index (χ4v) is 2.06. The van der Waals surface area contributed by atoms with Crippen molar-refractivity contribution in [3.8, 4) is 0 Å². The highest BCUT2D eigenvalue weighted by molar-refractivity contribution is 5.81. The van der Waals surface area contributed by atoms with Gasteiger partial charge in [0.15, 0.2) is 0 Å². The number of amides is 1. The second kappa shape index (κ2) is 5.47. The van der Waals surface area contributed by atoms with Crippen LogP contribution in [0.5, 0.6) is 0 Å². The Morgan fingerprint density at radius 1 is 1.60 bits per heavy atom. The first-order valence-electron chi connectivity index (χ1n) is 5.85. The van der Waals surface area contributed by atoms with Gasteiger partial charge in [-0.1, -0.05) is 13.8 Å². The minimum atomic E-state index is -0.369. The molecular formula is C11H23N3O. The Morgan fingerprint density at radius 2 is 2.27 bits per heavy atom. The maximum Gasteiger partial charge on any atom is 0.237 e. The first-order chi connectivity index (χ1) is 7.06. The number of piperidine rings is 1. The third-order valence-corrected chi connectivity index (χ3v) is 3.30. The van der Waals surface area contributed by atoms with E-state index < -0.39 is 0 Å². The third kappa shape index (κ3) is 3.18. The van der Waals surface area contributed by atoms with Gasteiger partial charge in [0, 0.05) is 12.1 Å². The number of carbonyl (C=O) groups excluding carboxylic acids is 1. The zero-order valence-corrected chi connectivity index (χ0v) is 9.92. The van der Waals surface area contributed by atoms with Crippen LogP contribution in [0.25, 0.3) is 0 Å². The van der Waals surface area contributed by atoms with E-state index in [1.165, 1.54) is 0 Å². The van der Waals surface area contributed by atoms with Crippen molar-refractivity contribution in [2.45, 2.75) is 51.7 Å². The van der Waals surface area contributed by atoms with Crippen molar-refractivity contribution < 1.29 is 4.79 Å². The smallest absolute Gasteiger partial charge is 0.237 e. The monoisotopic (exact) mass is 213 g/mol. The van der Waals surface area contributed by atoms with Crippen LogP contribution in [-0.4, -0.2) is 30.6 Å². The quantitative estimate of drug-likeness (QED) is 0.628. The summed E-state index contributed by atoms with van der Waals surface area (Å²) >= 11 is 0. The normalized spacial score (nSPS) is 33.5. The molecule has 0 aromatic heterocycles. The molecule has 0 aromatic rings. The molecular weight excluding hydrogens is 190 g/mol. The molecule has 0 aromatic carbocycles. The molecule has 0 radical (unpaired) electrons. The van der Waals surface area contributed by atoms with E-state index >= 15 is 0 Å². The van der Waals surface area contributed by atoms with Crippen LogP contribution in [0.3, 0.4) is 0 Å². The van der Waals surface area contributed by atoms with Crippen LogP contribution in [0.4, 0.5) is 0 Å². The summed E-state index contributed by atoms with van der Waals surface area (Å²) in [7, 11) is 0. The second-order valence-corrected chi connectivity index (χ2v) is 4.56. The first-order valence-corrected chi connectivity index (χ1v) is 5.85. The van der Waals surface area contributed by atoms with Crippen LogP contribution in [0.1, 0.15) is 33.6 Å². The summed E-state index contributed by atoms with van der Waals surface area (Å²) in [6.45, 7) is 7.25. The molecule has 4 N–H and O–H groups in total. The minimum absolute atomic E-state index is 0.0232. The third-order valence-electron chi connectivity index (χ3n) is 3.30. The Labute approximate surface area is 92.0 Å². The van der Waals surface area contributed by atoms with Crippen LogP contribution in [-0.2, 0) is 4.79 Å². The van der Waals surface area contributed by atoms with E-state index in [1.54, 1.807) is 0 Å². The summed E-state index contributed by atoms with van der Waals surface area (Å²) in [5.41, 5.74) is 5.69. The molecule has 4 atom stereocenters. The van der Waals surface area contributed by atoms with Crippen molar-refractivity contribution in [3.05, 3.63) is 0 Å². The molecule has 1 aliphatic heterocycles. The van der Waals surface area contributed by atoms with E-state index in [4.69, 9.17) is 5.73 Å². The van der Waals surface area contributed by atoms with E-state index in [0.29, 0.717) is 18.4 Å². The summed E-state index contributed by atoms with van der Waals surface area (Å²) in [6.07, 6.45) is 1.80. The van der Waals surface area contributed by atoms with E-state index in [2.05, 4.69) is 24.5 Å². The zero-order chi connectivity index (χ0) is 11.4. The maximum absolute atomic E-state index is 11.7. The fourth-order valence-electron chi connectivity index (χ4n) is 2.06. The lowest BCUT2D eigenvalue weighted by atomic mass is 9.89. The van der Waals surface area contributed by atoms with Gasteiger partial charge < -0.3 is 16.4 Å². The highest BCUT2D eigenvalue weighted by Gasteiger charge is 2.29. The topological polar surface area (TPSA) is 67.2 Å². The van der Waals surface area contributed by atoms with Crippen molar-refractivity contribution in [1.82, 2.24) is 10.6 Å². The van der Waals surface area contributed by atoms with Gasteiger partial charge in [-0.25, -0.2) is 0 Å². The molecule has 0 aliphatic carbocycles. The average molecular weight is 213 g/mol.